The standard InChI is InChI=1S/C14H10BrN3O2/c1-8-7-10(9-5-3-2-4-6-9)16-13-11(15)12(14(19)20)17-18(8)13/h2-7H,1H3,(H,19,20)/p-1. The van der Waals surface area contributed by atoms with Gasteiger partial charge in [-0.3, -0.25) is 0 Å². The van der Waals surface area contributed by atoms with Crippen LogP contribution in [0.25, 0.3) is 16.9 Å². The zero-order valence-electron chi connectivity index (χ0n) is 10.5. The fourth-order valence-electron chi connectivity index (χ4n) is 2.03. The third-order valence-electron chi connectivity index (χ3n) is 2.97. The molecule has 0 aliphatic rings. The lowest BCUT2D eigenvalue weighted by Crippen LogP contribution is -2.23. The number of carboxylic acids is 1. The highest BCUT2D eigenvalue weighted by Gasteiger charge is 2.15. The molecule has 0 fully saturated rings. The third-order valence-corrected chi connectivity index (χ3v) is 3.70. The van der Waals surface area contributed by atoms with Gasteiger partial charge < -0.3 is 9.90 Å². The number of rotatable bonds is 2. The van der Waals surface area contributed by atoms with Crippen molar-refractivity contribution in [2.24, 2.45) is 0 Å². The van der Waals surface area contributed by atoms with Crippen molar-refractivity contribution in [3.05, 3.63) is 52.3 Å². The van der Waals surface area contributed by atoms with E-state index in [-0.39, 0.29) is 5.69 Å². The number of aromatic carboxylic acids is 1. The maximum atomic E-state index is 11.0. The molecule has 0 saturated heterocycles. The second kappa shape index (κ2) is 4.72. The Morgan fingerprint density at radius 2 is 2.00 bits per heavy atom. The molecule has 0 bridgehead atoms. The average molecular weight is 331 g/mol. The molecule has 2 heterocycles. The Morgan fingerprint density at radius 1 is 1.30 bits per heavy atom. The maximum Gasteiger partial charge on any atom is 0.170 e. The van der Waals surface area contributed by atoms with E-state index in [1.165, 1.54) is 4.52 Å². The molecule has 0 spiro atoms. The van der Waals surface area contributed by atoms with Gasteiger partial charge in [-0.25, -0.2) is 9.50 Å². The lowest BCUT2D eigenvalue weighted by molar-refractivity contribution is -0.255. The molecule has 3 aromatic rings. The average Bonchev–Trinajstić information content (AvgIpc) is 2.78. The van der Waals surface area contributed by atoms with E-state index in [9.17, 15) is 9.90 Å². The molecular formula is C14H9BrN3O2-. The summed E-state index contributed by atoms with van der Waals surface area (Å²) in [4.78, 5) is 15.5. The van der Waals surface area contributed by atoms with E-state index in [4.69, 9.17) is 0 Å². The first-order valence-corrected chi connectivity index (χ1v) is 6.70. The first-order chi connectivity index (χ1) is 9.58. The Balaban J connectivity index is 2.29. The number of halogens is 1. The molecule has 6 heteroatoms. The number of carbonyl (C=O) groups is 1. The van der Waals surface area contributed by atoms with E-state index in [0.29, 0.717) is 10.1 Å². The topological polar surface area (TPSA) is 70.3 Å². The van der Waals surface area contributed by atoms with Gasteiger partial charge in [0.05, 0.1) is 16.1 Å². The Hall–Kier alpha value is -2.21. The number of benzene rings is 1. The summed E-state index contributed by atoms with van der Waals surface area (Å²) in [6.45, 7) is 1.85. The number of carbonyl (C=O) groups excluding carboxylic acids is 1. The van der Waals surface area contributed by atoms with Crippen LogP contribution in [0.1, 0.15) is 16.2 Å². The van der Waals surface area contributed by atoms with Crippen LogP contribution < -0.4 is 5.11 Å². The second-order valence-electron chi connectivity index (χ2n) is 4.33. The van der Waals surface area contributed by atoms with Crippen molar-refractivity contribution in [1.29, 1.82) is 0 Å². The number of aryl methyl sites for hydroxylation is 1. The van der Waals surface area contributed by atoms with E-state index in [0.717, 1.165) is 17.0 Å². The summed E-state index contributed by atoms with van der Waals surface area (Å²) in [6, 6.07) is 11.5. The first-order valence-electron chi connectivity index (χ1n) is 5.90. The van der Waals surface area contributed by atoms with E-state index in [2.05, 4.69) is 26.0 Å². The molecule has 0 radical (unpaired) electrons. The normalized spacial score (nSPS) is 10.9. The number of hydrogen-bond acceptors (Lipinski definition) is 4. The van der Waals surface area contributed by atoms with Crippen LogP contribution in [0.15, 0.2) is 40.9 Å². The summed E-state index contributed by atoms with van der Waals surface area (Å²) in [5.41, 5.74) is 2.83. The summed E-state index contributed by atoms with van der Waals surface area (Å²) in [7, 11) is 0. The molecule has 0 N–H and O–H groups in total. The molecular weight excluding hydrogens is 322 g/mol. The Kier molecular flexibility index (Phi) is 3.02. The molecule has 3 rings (SSSR count). The van der Waals surface area contributed by atoms with Crippen LogP contribution in [0.4, 0.5) is 0 Å². The number of aromatic nitrogens is 3. The number of hydrogen-bond donors (Lipinski definition) is 0. The Morgan fingerprint density at radius 3 is 2.65 bits per heavy atom. The van der Waals surface area contributed by atoms with Crippen LogP contribution in [0, 0.1) is 6.92 Å². The highest BCUT2D eigenvalue weighted by Crippen LogP contribution is 2.25. The Bertz CT molecular complexity index is 812. The minimum atomic E-state index is -1.33. The van der Waals surface area contributed by atoms with Crippen LogP contribution in [-0.2, 0) is 0 Å². The fourth-order valence-corrected chi connectivity index (χ4v) is 2.52. The van der Waals surface area contributed by atoms with Crippen molar-refractivity contribution >= 4 is 27.5 Å². The molecule has 5 nitrogen and oxygen atoms in total. The molecule has 1 aromatic carbocycles. The molecule has 2 aromatic heterocycles. The molecule has 20 heavy (non-hydrogen) atoms. The summed E-state index contributed by atoms with van der Waals surface area (Å²) in [6.07, 6.45) is 0. The van der Waals surface area contributed by atoms with Crippen molar-refractivity contribution in [3.8, 4) is 11.3 Å². The van der Waals surface area contributed by atoms with Crippen molar-refractivity contribution < 1.29 is 9.90 Å². The summed E-state index contributed by atoms with van der Waals surface area (Å²) >= 11 is 3.23. The molecule has 0 saturated carbocycles. The predicted octanol–water partition coefficient (Wildman–Crippen LogP) is 1.83. The molecule has 0 unspecified atom stereocenters. The summed E-state index contributed by atoms with van der Waals surface area (Å²) in [5, 5.41) is 15.0. The number of fused-ring (bicyclic) bond motifs is 1. The summed E-state index contributed by atoms with van der Waals surface area (Å²) < 4.78 is 1.82. The van der Waals surface area contributed by atoms with E-state index >= 15 is 0 Å². The van der Waals surface area contributed by atoms with Gasteiger partial charge in [0, 0.05) is 11.3 Å². The zero-order chi connectivity index (χ0) is 14.3. The highest BCUT2D eigenvalue weighted by molar-refractivity contribution is 9.10. The van der Waals surface area contributed by atoms with Crippen molar-refractivity contribution in [2.45, 2.75) is 6.92 Å². The number of carboxylic acid groups (broad SMARTS) is 1. The predicted molar refractivity (Wildman–Crippen MR) is 75.2 cm³/mol. The SMILES string of the molecule is Cc1cc(-c2ccccc2)nc2c(Br)c(C(=O)[O-])nn12. The zero-order valence-corrected chi connectivity index (χ0v) is 12.1. The van der Waals surface area contributed by atoms with Crippen molar-refractivity contribution in [1.82, 2.24) is 14.6 Å². The van der Waals surface area contributed by atoms with Crippen LogP contribution in [0.2, 0.25) is 0 Å². The van der Waals surface area contributed by atoms with Gasteiger partial charge in [0.1, 0.15) is 5.69 Å². The van der Waals surface area contributed by atoms with Gasteiger partial charge in [0.25, 0.3) is 0 Å². The van der Waals surface area contributed by atoms with Crippen LogP contribution in [0.3, 0.4) is 0 Å². The minimum absolute atomic E-state index is 0.147. The van der Waals surface area contributed by atoms with Crippen molar-refractivity contribution in [2.75, 3.05) is 0 Å². The third kappa shape index (κ3) is 1.98. The van der Waals surface area contributed by atoms with Crippen LogP contribution >= 0.6 is 15.9 Å². The van der Waals surface area contributed by atoms with E-state index < -0.39 is 5.97 Å². The second-order valence-corrected chi connectivity index (χ2v) is 5.13. The summed E-state index contributed by atoms with van der Waals surface area (Å²) in [5.74, 6) is -1.33. The molecule has 0 amide bonds. The lowest BCUT2D eigenvalue weighted by Gasteiger charge is -2.04. The van der Waals surface area contributed by atoms with Gasteiger partial charge in [0.2, 0.25) is 0 Å². The van der Waals surface area contributed by atoms with Gasteiger partial charge in [-0.1, -0.05) is 30.3 Å². The van der Waals surface area contributed by atoms with E-state index in [1.807, 2.05) is 43.3 Å². The van der Waals surface area contributed by atoms with Crippen LogP contribution in [-0.4, -0.2) is 20.6 Å². The van der Waals surface area contributed by atoms with Gasteiger partial charge in [-0.15, -0.1) is 0 Å². The first kappa shape index (κ1) is 12.8. The highest BCUT2D eigenvalue weighted by atomic mass is 79.9. The molecule has 0 atom stereocenters. The van der Waals surface area contributed by atoms with E-state index in [1.54, 1.807) is 0 Å². The monoisotopic (exact) mass is 330 g/mol. The molecule has 0 aliphatic heterocycles. The molecule has 0 aliphatic carbocycles. The minimum Gasteiger partial charge on any atom is -0.543 e. The largest absolute Gasteiger partial charge is 0.543 e. The van der Waals surface area contributed by atoms with Gasteiger partial charge in [-0.2, -0.15) is 5.10 Å². The lowest BCUT2D eigenvalue weighted by atomic mass is 10.1. The molecule has 100 valence electrons. The smallest absolute Gasteiger partial charge is 0.170 e. The number of nitrogens with zero attached hydrogens (tertiary/aromatic N) is 3. The van der Waals surface area contributed by atoms with Gasteiger partial charge in [0.15, 0.2) is 5.65 Å². The van der Waals surface area contributed by atoms with Crippen LogP contribution in [0.5, 0.6) is 0 Å². The van der Waals surface area contributed by atoms with Gasteiger partial charge >= 0.3 is 0 Å². The maximum absolute atomic E-state index is 11.0. The van der Waals surface area contributed by atoms with Crippen molar-refractivity contribution in [3.63, 3.8) is 0 Å². The fraction of sp³-hybridized carbons (Fsp3) is 0.0714. The Labute approximate surface area is 123 Å². The quantitative estimate of drug-likeness (QED) is 0.718. The van der Waals surface area contributed by atoms with Gasteiger partial charge in [-0.05, 0) is 28.9 Å².